The first-order valence-corrected chi connectivity index (χ1v) is 8.13. The van der Waals surface area contributed by atoms with Gasteiger partial charge in [-0.15, -0.1) is 0 Å². The van der Waals surface area contributed by atoms with Gasteiger partial charge in [-0.1, -0.05) is 12.1 Å². The van der Waals surface area contributed by atoms with E-state index in [2.05, 4.69) is 0 Å². The first kappa shape index (κ1) is 14.9. The summed E-state index contributed by atoms with van der Waals surface area (Å²) in [5, 5.41) is 9.06. The summed E-state index contributed by atoms with van der Waals surface area (Å²) in [5.74, 6) is -1.35. The maximum Gasteiger partial charge on any atom is 0.257 e. The van der Waals surface area contributed by atoms with Crippen LogP contribution in [-0.2, 0) is 9.84 Å². The lowest BCUT2D eigenvalue weighted by Crippen LogP contribution is -2.43. The van der Waals surface area contributed by atoms with Crippen LogP contribution in [0.15, 0.2) is 24.3 Å². The fraction of sp³-hybridized carbons (Fsp3) is 0.462. The number of amides is 1. The van der Waals surface area contributed by atoms with Crippen molar-refractivity contribution in [1.82, 2.24) is 4.90 Å². The van der Waals surface area contributed by atoms with E-state index in [4.69, 9.17) is 5.11 Å². The summed E-state index contributed by atoms with van der Waals surface area (Å²) in [7, 11) is -3.15. The minimum atomic E-state index is -3.15. The molecule has 1 unspecified atom stereocenters. The zero-order valence-corrected chi connectivity index (χ0v) is 11.6. The van der Waals surface area contributed by atoms with Crippen LogP contribution in [0.4, 0.5) is 4.39 Å². The quantitative estimate of drug-likeness (QED) is 0.876. The highest BCUT2D eigenvalue weighted by molar-refractivity contribution is 7.91. The molecule has 1 aliphatic rings. The van der Waals surface area contributed by atoms with E-state index in [-0.39, 0.29) is 30.2 Å². The number of rotatable bonds is 4. The summed E-state index contributed by atoms with van der Waals surface area (Å²) in [6.07, 6.45) is 0.322. The maximum atomic E-state index is 13.7. The molecule has 0 spiro atoms. The van der Waals surface area contributed by atoms with Gasteiger partial charge in [0.2, 0.25) is 0 Å². The summed E-state index contributed by atoms with van der Waals surface area (Å²) < 4.78 is 36.7. The topological polar surface area (TPSA) is 74.7 Å². The number of hydrogen-bond donors (Lipinski definition) is 1. The molecule has 7 heteroatoms. The molecule has 0 radical (unpaired) electrons. The normalized spacial score (nSPS) is 20.8. The Bertz CT molecular complexity index is 602. The number of carbonyl (C=O) groups is 1. The van der Waals surface area contributed by atoms with Crippen molar-refractivity contribution in [3.8, 4) is 0 Å². The van der Waals surface area contributed by atoms with Crippen molar-refractivity contribution in [3.05, 3.63) is 35.6 Å². The number of aliphatic hydroxyl groups is 1. The smallest absolute Gasteiger partial charge is 0.257 e. The summed E-state index contributed by atoms with van der Waals surface area (Å²) in [5.41, 5.74) is -0.106. The molecule has 1 aromatic carbocycles. The van der Waals surface area contributed by atoms with Crippen molar-refractivity contribution >= 4 is 15.7 Å². The van der Waals surface area contributed by atoms with E-state index in [0.717, 1.165) is 0 Å². The number of benzene rings is 1. The summed E-state index contributed by atoms with van der Waals surface area (Å²) in [4.78, 5) is 13.6. The number of aliphatic hydroxyl groups excluding tert-OH is 1. The second kappa shape index (κ2) is 5.88. The molecular weight excluding hydrogens is 285 g/mol. The fourth-order valence-electron chi connectivity index (χ4n) is 2.37. The van der Waals surface area contributed by atoms with E-state index >= 15 is 0 Å². The van der Waals surface area contributed by atoms with E-state index in [1.54, 1.807) is 6.07 Å². The monoisotopic (exact) mass is 301 g/mol. The van der Waals surface area contributed by atoms with Crippen LogP contribution in [0, 0.1) is 5.82 Å². The SMILES string of the molecule is O=C(c1ccccc1F)N(CCO)C1CCS(=O)(=O)C1. The van der Waals surface area contributed by atoms with Gasteiger partial charge in [0.05, 0.1) is 23.7 Å². The van der Waals surface area contributed by atoms with Crippen LogP contribution in [-0.4, -0.2) is 55.0 Å². The predicted molar refractivity (Wildman–Crippen MR) is 71.6 cm³/mol. The van der Waals surface area contributed by atoms with Gasteiger partial charge in [-0.05, 0) is 18.6 Å². The Morgan fingerprint density at radius 3 is 2.65 bits per heavy atom. The molecule has 1 N–H and O–H groups in total. The molecule has 110 valence electrons. The van der Waals surface area contributed by atoms with Crippen LogP contribution in [0.1, 0.15) is 16.8 Å². The van der Waals surface area contributed by atoms with Crippen LogP contribution in [0.3, 0.4) is 0 Å². The van der Waals surface area contributed by atoms with Crippen LogP contribution >= 0.6 is 0 Å². The molecule has 0 saturated carbocycles. The molecule has 2 rings (SSSR count). The molecule has 5 nitrogen and oxygen atoms in total. The first-order valence-electron chi connectivity index (χ1n) is 6.31. The van der Waals surface area contributed by atoms with Gasteiger partial charge in [-0.2, -0.15) is 0 Å². The highest BCUT2D eigenvalue weighted by Crippen LogP contribution is 2.20. The highest BCUT2D eigenvalue weighted by Gasteiger charge is 2.35. The lowest BCUT2D eigenvalue weighted by atomic mass is 10.1. The van der Waals surface area contributed by atoms with Gasteiger partial charge < -0.3 is 10.0 Å². The van der Waals surface area contributed by atoms with Gasteiger partial charge >= 0.3 is 0 Å². The highest BCUT2D eigenvalue weighted by atomic mass is 32.2. The second-order valence-corrected chi connectivity index (χ2v) is 6.99. The third-order valence-corrected chi connectivity index (χ3v) is 5.11. The van der Waals surface area contributed by atoms with E-state index in [1.165, 1.54) is 23.1 Å². The Labute approximate surface area is 116 Å². The van der Waals surface area contributed by atoms with E-state index in [0.29, 0.717) is 6.42 Å². The van der Waals surface area contributed by atoms with Gasteiger partial charge in [0, 0.05) is 12.6 Å². The minimum absolute atomic E-state index is 0.00659. The third kappa shape index (κ3) is 3.16. The molecule has 1 aliphatic heterocycles. The van der Waals surface area contributed by atoms with Gasteiger partial charge in [0.15, 0.2) is 9.84 Å². The Kier molecular flexibility index (Phi) is 4.39. The van der Waals surface area contributed by atoms with Crippen LogP contribution in [0.25, 0.3) is 0 Å². The fourth-order valence-corrected chi connectivity index (χ4v) is 4.10. The zero-order chi connectivity index (χ0) is 14.8. The average molecular weight is 301 g/mol. The number of hydrogen-bond acceptors (Lipinski definition) is 4. The van der Waals surface area contributed by atoms with Gasteiger partial charge in [-0.25, -0.2) is 12.8 Å². The van der Waals surface area contributed by atoms with Crippen molar-refractivity contribution in [1.29, 1.82) is 0 Å². The molecule has 1 fully saturated rings. The van der Waals surface area contributed by atoms with Crippen LogP contribution in [0.5, 0.6) is 0 Å². The largest absolute Gasteiger partial charge is 0.395 e. The number of sulfone groups is 1. The van der Waals surface area contributed by atoms with Gasteiger partial charge in [0.25, 0.3) is 5.91 Å². The Hall–Kier alpha value is -1.47. The maximum absolute atomic E-state index is 13.7. The van der Waals surface area contributed by atoms with E-state index in [1.807, 2.05) is 0 Å². The molecule has 1 amide bonds. The molecule has 1 saturated heterocycles. The van der Waals surface area contributed by atoms with Gasteiger partial charge in [0.1, 0.15) is 5.82 Å². The zero-order valence-electron chi connectivity index (χ0n) is 10.8. The lowest BCUT2D eigenvalue weighted by Gasteiger charge is -2.27. The van der Waals surface area contributed by atoms with E-state index in [9.17, 15) is 17.6 Å². The Morgan fingerprint density at radius 2 is 2.10 bits per heavy atom. The summed E-state index contributed by atoms with van der Waals surface area (Å²) in [6.45, 7) is -0.301. The molecular formula is C13H16FNO4S. The molecule has 0 bridgehead atoms. The number of carbonyl (C=O) groups excluding carboxylic acids is 1. The van der Waals surface area contributed by atoms with Crippen LogP contribution in [0.2, 0.25) is 0 Å². The number of nitrogens with zero attached hydrogens (tertiary/aromatic N) is 1. The molecule has 1 aromatic rings. The predicted octanol–water partition coefficient (Wildman–Crippen LogP) is 0.447. The lowest BCUT2D eigenvalue weighted by molar-refractivity contribution is 0.0650. The summed E-state index contributed by atoms with van der Waals surface area (Å²) >= 11 is 0. The van der Waals surface area contributed by atoms with Crippen molar-refractivity contribution < 1.29 is 22.7 Å². The van der Waals surface area contributed by atoms with Crippen molar-refractivity contribution in [3.63, 3.8) is 0 Å². The van der Waals surface area contributed by atoms with Gasteiger partial charge in [-0.3, -0.25) is 4.79 Å². The third-order valence-electron chi connectivity index (χ3n) is 3.36. The first-order chi connectivity index (χ1) is 9.44. The molecule has 0 aromatic heterocycles. The van der Waals surface area contributed by atoms with Crippen molar-refractivity contribution in [2.24, 2.45) is 0 Å². The summed E-state index contributed by atoms with van der Waals surface area (Å²) in [6, 6.07) is 5.04. The van der Waals surface area contributed by atoms with Crippen LogP contribution < -0.4 is 0 Å². The second-order valence-electron chi connectivity index (χ2n) is 4.76. The number of halogens is 1. The Morgan fingerprint density at radius 1 is 1.40 bits per heavy atom. The average Bonchev–Trinajstić information content (AvgIpc) is 2.76. The molecule has 1 atom stereocenters. The minimum Gasteiger partial charge on any atom is -0.395 e. The molecule has 20 heavy (non-hydrogen) atoms. The molecule has 0 aliphatic carbocycles. The molecule has 1 heterocycles. The van der Waals surface area contributed by atoms with Crippen molar-refractivity contribution in [2.75, 3.05) is 24.7 Å². The van der Waals surface area contributed by atoms with Crippen molar-refractivity contribution in [2.45, 2.75) is 12.5 Å². The standard InChI is InChI=1S/C13H16FNO4S/c14-12-4-2-1-3-11(12)13(17)15(6-7-16)10-5-8-20(18,19)9-10/h1-4,10,16H,5-9H2. The van der Waals surface area contributed by atoms with E-state index < -0.39 is 27.6 Å². The Balaban J connectivity index is 2.25.